The summed E-state index contributed by atoms with van der Waals surface area (Å²) in [4.78, 5) is 28.0. The normalized spacial score (nSPS) is 20.4. The molecule has 0 radical (unpaired) electrons. The molecule has 1 saturated carbocycles. The van der Waals surface area contributed by atoms with Crippen LogP contribution in [0.2, 0.25) is 0 Å². The summed E-state index contributed by atoms with van der Waals surface area (Å²) in [5, 5.41) is 12.4. The summed E-state index contributed by atoms with van der Waals surface area (Å²) in [7, 11) is 0. The number of fused-ring (bicyclic) bond motifs is 2. The number of benzene rings is 2. The van der Waals surface area contributed by atoms with Crippen LogP contribution in [0, 0.1) is 5.92 Å². The van der Waals surface area contributed by atoms with Gasteiger partial charge in [0.1, 0.15) is 5.75 Å². The predicted octanol–water partition coefficient (Wildman–Crippen LogP) is 5.68. The van der Waals surface area contributed by atoms with E-state index in [0.29, 0.717) is 26.0 Å². The van der Waals surface area contributed by atoms with Crippen molar-refractivity contribution in [1.29, 1.82) is 0 Å². The summed E-state index contributed by atoms with van der Waals surface area (Å²) in [6.45, 7) is 0.972. The van der Waals surface area contributed by atoms with Gasteiger partial charge in [-0.15, -0.1) is 0 Å². The van der Waals surface area contributed by atoms with Crippen LogP contribution in [0.4, 0.5) is 0 Å². The number of ether oxygens (including phenoxy) is 1. The minimum atomic E-state index is -0.660. The van der Waals surface area contributed by atoms with E-state index in [2.05, 4.69) is 28.5 Å². The molecule has 6 nitrogen and oxygen atoms in total. The fraction of sp³-hybridized carbons (Fsp3) is 0.387. The predicted molar refractivity (Wildman–Crippen MR) is 142 cm³/mol. The third kappa shape index (κ3) is 5.85. The van der Waals surface area contributed by atoms with E-state index in [1.165, 1.54) is 11.1 Å². The number of aromatic nitrogens is 1. The van der Waals surface area contributed by atoms with Crippen LogP contribution in [0.25, 0.3) is 11.1 Å². The van der Waals surface area contributed by atoms with Crippen molar-refractivity contribution in [3.8, 4) is 16.9 Å². The number of nitrogens with zero attached hydrogens (tertiary/aromatic N) is 1. The van der Waals surface area contributed by atoms with E-state index < -0.39 is 5.97 Å². The average Bonchev–Trinajstić information content (AvgIpc) is 3.28. The molecule has 0 unspecified atom stereocenters. The number of carboxylic acid groups (broad SMARTS) is 1. The summed E-state index contributed by atoms with van der Waals surface area (Å²) >= 11 is 0. The van der Waals surface area contributed by atoms with Crippen molar-refractivity contribution in [1.82, 2.24) is 10.3 Å². The van der Waals surface area contributed by atoms with Crippen LogP contribution in [0.3, 0.4) is 0 Å². The second kappa shape index (κ2) is 11.2. The SMILES string of the molecule is O=C(CCCOc1ccc2c(c1)C1(CC2)CCC(C(=O)O)CC1)NCc1cccc(-c2cccnc2)c1. The maximum atomic E-state index is 12.4. The molecule has 1 amide bonds. The van der Waals surface area contributed by atoms with Gasteiger partial charge in [-0.05, 0) is 102 Å². The van der Waals surface area contributed by atoms with Crippen LogP contribution < -0.4 is 10.1 Å². The molecular weight excluding hydrogens is 464 g/mol. The molecule has 1 fully saturated rings. The quantitative estimate of drug-likeness (QED) is 0.371. The Labute approximate surface area is 218 Å². The molecule has 3 aromatic rings. The van der Waals surface area contributed by atoms with Crippen molar-refractivity contribution in [3.63, 3.8) is 0 Å². The molecule has 0 aliphatic heterocycles. The van der Waals surface area contributed by atoms with Crippen molar-refractivity contribution in [2.24, 2.45) is 5.92 Å². The largest absolute Gasteiger partial charge is 0.494 e. The zero-order chi connectivity index (χ0) is 25.7. The van der Waals surface area contributed by atoms with Gasteiger partial charge >= 0.3 is 5.97 Å². The summed E-state index contributed by atoms with van der Waals surface area (Å²) in [6.07, 6.45) is 10.2. The van der Waals surface area contributed by atoms with Gasteiger partial charge in [0.2, 0.25) is 5.91 Å². The summed E-state index contributed by atoms with van der Waals surface area (Å²) in [5.74, 6) is -0.00992. The molecular formula is C31H34N2O4. The molecule has 6 heteroatoms. The highest BCUT2D eigenvalue weighted by atomic mass is 16.5. The second-order valence-corrected chi connectivity index (χ2v) is 10.4. The van der Waals surface area contributed by atoms with Gasteiger partial charge in [-0.3, -0.25) is 14.6 Å². The molecule has 192 valence electrons. The van der Waals surface area contributed by atoms with Crippen LogP contribution in [0.15, 0.2) is 67.0 Å². The molecule has 0 atom stereocenters. The monoisotopic (exact) mass is 498 g/mol. The zero-order valence-corrected chi connectivity index (χ0v) is 21.1. The molecule has 0 saturated heterocycles. The Kier molecular flexibility index (Phi) is 7.54. The Bertz CT molecular complexity index is 1250. The molecule has 2 N–H and O–H groups in total. The molecule has 37 heavy (non-hydrogen) atoms. The molecule has 2 aromatic carbocycles. The third-order valence-corrected chi connectivity index (χ3v) is 8.05. The summed E-state index contributed by atoms with van der Waals surface area (Å²) < 4.78 is 6.02. The first-order valence-electron chi connectivity index (χ1n) is 13.3. The molecule has 5 rings (SSSR count). The van der Waals surface area contributed by atoms with E-state index in [0.717, 1.165) is 61.0 Å². The van der Waals surface area contributed by atoms with Gasteiger partial charge in [-0.2, -0.15) is 0 Å². The first-order valence-corrected chi connectivity index (χ1v) is 13.3. The number of aliphatic carboxylic acids is 1. The Hall–Kier alpha value is -3.67. The number of carbonyl (C=O) groups is 2. The van der Waals surface area contributed by atoms with Crippen LogP contribution in [-0.4, -0.2) is 28.6 Å². The van der Waals surface area contributed by atoms with E-state index in [9.17, 15) is 14.7 Å². The Morgan fingerprint density at radius 1 is 1.03 bits per heavy atom. The number of pyridine rings is 1. The fourth-order valence-electron chi connectivity index (χ4n) is 5.91. The summed E-state index contributed by atoms with van der Waals surface area (Å²) in [5.41, 5.74) is 6.01. The number of carboxylic acids is 1. The molecule has 2 aliphatic carbocycles. The number of hydrogen-bond acceptors (Lipinski definition) is 4. The van der Waals surface area contributed by atoms with E-state index in [1.807, 2.05) is 42.6 Å². The lowest BCUT2D eigenvalue weighted by atomic mass is 9.67. The number of aryl methyl sites for hydroxylation is 1. The van der Waals surface area contributed by atoms with Crippen LogP contribution in [-0.2, 0) is 28.0 Å². The van der Waals surface area contributed by atoms with Gasteiger partial charge in [0.15, 0.2) is 0 Å². The average molecular weight is 499 g/mol. The van der Waals surface area contributed by atoms with Gasteiger partial charge in [0, 0.05) is 25.4 Å². The van der Waals surface area contributed by atoms with Crippen LogP contribution in [0.5, 0.6) is 5.75 Å². The lowest BCUT2D eigenvalue weighted by Crippen LogP contribution is -2.32. The van der Waals surface area contributed by atoms with Crippen molar-refractivity contribution in [3.05, 3.63) is 83.7 Å². The van der Waals surface area contributed by atoms with Gasteiger partial charge in [-0.1, -0.05) is 30.3 Å². The Balaban J connectivity index is 1.08. The minimum Gasteiger partial charge on any atom is -0.494 e. The number of hydrogen-bond donors (Lipinski definition) is 2. The third-order valence-electron chi connectivity index (χ3n) is 8.05. The van der Waals surface area contributed by atoms with Gasteiger partial charge < -0.3 is 15.2 Å². The van der Waals surface area contributed by atoms with Crippen LogP contribution >= 0.6 is 0 Å². The zero-order valence-electron chi connectivity index (χ0n) is 21.1. The highest BCUT2D eigenvalue weighted by Gasteiger charge is 2.43. The summed E-state index contributed by atoms with van der Waals surface area (Å²) in [6, 6.07) is 18.4. The highest BCUT2D eigenvalue weighted by molar-refractivity contribution is 5.76. The molecule has 1 spiro atoms. The molecule has 2 aliphatic rings. The Morgan fingerprint density at radius 2 is 1.86 bits per heavy atom. The van der Waals surface area contributed by atoms with Crippen molar-refractivity contribution in [2.45, 2.75) is 63.3 Å². The number of amides is 1. The van der Waals surface area contributed by atoms with Gasteiger partial charge in [0.25, 0.3) is 0 Å². The fourth-order valence-corrected chi connectivity index (χ4v) is 5.91. The highest BCUT2D eigenvalue weighted by Crippen LogP contribution is 2.50. The lowest BCUT2D eigenvalue weighted by Gasteiger charge is -2.37. The van der Waals surface area contributed by atoms with Crippen LogP contribution in [0.1, 0.15) is 61.6 Å². The van der Waals surface area contributed by atoms with E-state index in [-0.39, 0.29) is 17.2 Å². The van der Waals surface area contributed by atoms with Gasteiger partial charge in [-0.25, -0.2) is 0 Å². The van der Waals surface area contributed by atoms with E-state index in [1.54, 1.807) is 6.20 Å². The molecule has 1 aromatic heterocycles. The number of rotatable bonds is 9. The van der Waals surface area contributed by atoms with E-state index in [4.69, 9.17) is 4.74 Å². The first kappa shape index (κ1) is 25.0. The van der Waals surface area contributed by atoms with Crippen molar-refractivity contribution >= 4 is 11.9 Å². The second-order valence-electron chi connectivity index (χ2n) is 10.4. The van der Waals surface area contributed by atoms with Crippen molar-refractivity contribution in [2.75, 3.05) is 6.61 Å². The number of nitrogens with one attached hydrogen (secondary N) is 1. The number of carbonyl (C=O) groups excluding carboxylic acids is 1. The topological polar surface area (TPSA) is 88.5 Å². The lowest BCUT2D eigenvalue weighted by molar-refractivity contribution is -0.143. The van der Waals surface area contributed by atoms with Gasteiger partial charge in [0.05, 0.1) is 12.5 Å². The smallest absolute Gasteiger partial charge is 0.306 e. The minimum absolute atomic E-state index is 0.0125. The Morgan fingerprint density at radius 3 is 2.65 bits per heavy atom. The van der Waals surface area contributed by atoms with Crippen molar-refractivity contribution < 1.29 is 19.4 Å². The maximum Gasteiger partial charge on any atom is 0.306 e. The molecule has 1 heterocycles. The molecule has 0 bridgehead atoms. The maximum absolute atomic E-state index is 12.4. The first-order chi connectivity index (χ1) is 18.0. The standard InChI is InChI=1S/C31H34N2O4/c34-29(33-20-22-4-1-5-25(18-22)26-6-2-16-32-21-26)7-3-17-37-27-9-8-23-10-13-31(28(23)19-27)14-11-24(12-15-31)30(35)36/h1-2,4-6,8-9,16,18-19,21,24H,3,7,10-15,17,20H2,(H,33,34)(H,35,36). The van der Waals surface area contributed by atoms with E-state index >= 15 is 0 Å².